The van der Waals surface area contributed by atoms with Gasteiger partial charge < -0.3 is 28.4 Å². The average molecular weight is 577 g/mol. The number of nitrogens with zero attached hydrogens (tertiary/aromatic N) is 2. The summed E-state index contributed by atoms with van der Waals surface area (Å²) in [6.07, 6.45) is -4.30. The smallest absolute Gasteiger partial charge is 0.340 e. The van der Waals surface area contributed by atoms with E-state index in [2.05, 4.69) is 9.47 Å². The molecular weight excluding hydrogens is 548 g/mol. The van der Waals surface area contributed by atoms with Crippen LogP contribution in [0.25, 0.3) is 0 Å². The van der Waals surface area contributed by atoms with E-state index in [-0.39, 0.29) is 10.1 Å². The number of aromatic nitrogens is 2. The summed E-state index contributed by atoms with van der Waals surface area (Å²) in [6, 6.07) is 7.29. The van der Waals surface area contributed by atoms with Gasteiger partial charge >= 0.3 is 29.6 Å². The number of hydrogen-bond donors (Lipinski definition) is 0. The molecule has 0 saturated carbocycles. The van der Waals surface area contributed by atoms with Gasteiger partial charge in [-0.05, 0) is 12.1 Å². The Bertz CT molecular complexity index is 1430. The predicted molar refractivity (Wildman–Crippen MR) is 135 cm³/mol. The zero-order valence-corrected chi connectivity index (χ0v) is 22.8. The third-order valence-electron chi connectivity index (χ3n) is 6.13. The van der Waals surface area contributed by atoms with Crippen molar-refractivity contribution in [3.05, 3.63) is 68.5 Å². The van der Waals surface area contributed by atoms with E-state index in [4.69, 9.17) is 18.9 Å². The van der Waals surface area contributed by atoms with Crippen LogP contribution in [-0.4, -0.2) is 85.2 Å². The van der Waals surface area contributed by atoms with Crippen LogP contribution in [0, 0.1) is 0 Å². The topological polar surface area (TPSA) is 185 Å². The van der Waals surface area contributed by atoms with Gasteiger partial charge in [-0.3, -0.25) is 33.3 Å². The first-order chi connectivity index (χ1) is 19.5. The molecule has 2 aromatic rings. The van der Waals surface area contributed by atoms with Crippen molar-refractivity contribution in [3.8, 4) is 0 Å². The van der Waals surface area contributed by atoms with Gasteiger partial charge in [0.25, 0.3) is 11.5 Å². The Morgan fingerprint density at radius 3 is 2.02 bits per heavy atom. The monoisotopic (exact) mass is 576 g/mol. The number of ether oxygens (including phenoxy) is 6. The summed E-state index contributed by atoms with van der Waals surface area (Å²) < 4.78 is 32.0. The van der Waals surface area contributed by atoms with Crippen LogP contribution in [-0.2, 0) is 47.6 Å². The van der Waals surface area contributed by atoms with Gasteiger partial charge in [-0.1, -0.05) is 18.2 Å². The lowest BCUT2D eigenvalue weighted by Crippen LogP contribution is -2.49. The highest BCUT2D eigenvalue weighted by atomic mass is 16.6. The lowest BCUT2D eigenvalue weighted by Gasteiger charge is -2.24. The van der Waals surface area contributed by atoms with E-state index in [0.717, 1.165) is 38.8 Å². The zero-order valence-electron chi connectivity index (χ0n) is 22.8. The lowest BCUT2D eigenvalue weighted by atomic mass is 10.0. The van der Waals surface area contributed by atoms with Crippen LogP contribution in [0.15, 0.2) is 46.1 Å². The summed E-state index contributed by atoms with van der Waals surface area (Å²) in [6.45, 7) is 1.84. The molecule has 0 aliphatic carbocycles. The van der Waals surface area contributed by atoms with Gasteiger partial charge in [0.05, 0.1) is 19.8 Å². The molecule has 0 bridgehead atoms. The van der Waals surface area contributed by atoms with Crippen molar-refractivity contribution in [2.45, 2.75) is 44.3 Å². The predicted octanol–water partition coefficient (Wildman–Crippen LogP) is -0.465. The van der Waals surface area contributed by atoms with E-state index in [1.807, 2.05) is 0 Å². The van der Waals surface area contributed by atoms with Gasteiger partial charge in [-0.2, -0.15) is 4.57 Å². The normalized spacial score (nSPS) is 19.9. The third-order valence-corrected chi connectivity index (χ3v) is 6.13. The molecule has 1 fully saturated rings. The van der Waals surface area contributed by atoms with Crippen LogP contribution in [0.3, 0.4) is 0 Å². The summed E-state index contributed by atoms with van der Waals surface area (Å²) in [7, 11) is 3.15. The Balaban J connectivity index is 2.31. The molecule has 41 heavy (non-hydrogen) atoms. The molecule has 1 aliphatic heterocycles. The van der Waals surface area contributed by atoms with Gasteiger partial charge in [-0.15, -0.1) is 0 Å². The minimum atomic E-state index is -2.00. The van der Waals surface area contributed by atoms with Gasteiger partial charge in [0.2, 0.25) is 0 Å². The highest BCUT2D eigenvalue weighted by Gasteiger charge is 2.50. The zero-order chi connectivity index (χ0) is 30.4. The molecule has 2 heterocycles. The van der Waals surface area contributed by atoms with Gasteiger partial charge in [0, 0.05) is 32.7 Å². The van der Waals surface area contributed by atoms with E-state index in [0.29, 0.717) is 0 Å². The minimum absolute atomic E-state index is 0.0655. The SMILES string of the molecule is COC(=O)C(C(=O)OC)c1cn([C@@H]2O[C@H](COC(C)=O)C(OC(C)=O)C2OC)c(=O)n(C(=O)c2ccccc2)c1=O. The molecule has 4 atom stereocenters. The first-order valence-electron chi connectivity index (χ1n) is 12.1. The average Bonchev–Trinajstić information content (AvgIpc) is 3.29. The van der Waals surface area contributed by atoms with Crippen LogP contribution in [0.4, 0.5) is 0 Å². The van der Waals surface area contributed by atoms with Gasteiger partial charge in [0.15, 0.2) is 18.2 Å². The number of rotatable bonds is 9. The Labute approximate surface area is 232 Å². The Kier molecular flexibility index (Phi) is 9.91. The summed E-state index contributed by atoms with van der Waals surface area (Å²) in [5.74, 6) is -6.92. The fraction of sp³-hybridized carbons (Fsp3) is 0.423. The molecule has 15 nitrogen and oxygen atoms in total. The Hall–Kier alpha value is -4.63. The summed E-state index contributed by atoms with van der Waals surface area (Å²) >= 11 is 0. The van der Waals surface area contributed by atoms with Crippen LogP contribution in [0.1, 0.15) is 41.9 Å². The molecule has 2 unspecified atom stereocenters. The highest BCUT2D eigenvalue weighted by molar-refractivity contribution is 6.01. The van der Waals surface area contributed by atoms with E-state index in [9.17, 15) is 33.6 Å². The molecule has 0 radical (unpaired) electrons. The van der Waals surface area contributed by atoms with Crippen LogP contribution >= 0.6 is 0 Å². The van der Waals surface area contributed by atoms with Crippen molar-refractivity contribution < 1.29 is 52.4 Å². The maximum absolute atomic E-state index is 13.8. The Morgan fingerprint density at radius 2 is 1.51 bits per heavy atom. The van der Waals surface area contributed by atoms with Crippen LogP contribution in [0.2, 0.25) is 0 Å². The van der Waals surface area contributed by atoms with E-state index < -0.39 is 83.7 Å². The molecule has 1 aromatic carbocycles. The van der Waals surface area contributed by atoms with Crippen molar-refractivity contribution >= 4 is 29.8 Å². The third kappa shape index (κ3) is 6.41. The minimum Gasteiger partial charge on any atom is -0.468 e. The van der Waals surface area contributed by atoms with Crippen molar-refractivity contribution in [3.63, 3.8) is 0 Å². The fourth-order valence-electron chi connectivity index (χ4n) is 4.30. The molecule has 3 rings (SSSR count). The maximum Gasteiger partial charge on any atom is 0.340 e. The highest BCUT2D eigenvalue weighted by Crippen LogP contribution is 2.33. The molecule has 1 saturated heterocycles. The van der Waals surface area contributed by atoms with E-state index in [1.165, 1.54) is 31.4 Å². The molecule has 0 N–H and O–H groups in total. The molecular formula is C26H28N2O13. The maximum atomic E-state index is 13.8. The number of hydrogen-bond acceptors (Lipinski definition) is 13. The van der Waals surface area contributed by atoms with Crippen LogP contribution < -0.4 is 11.2 Å². The molecule has 1 aliphatic rings. The second kappa shape index (κ2) is 13.1. The molecule has 0 spiro atoms. The first-order valence-corrected chi connectivity index (χ1v) is 12.1. The van der Waals surface area contributed by atoms with Crippen molar-refractivity contribution in [1.29, 1.82) is 0 Å². The molecule has 0 amide bonds. The number of carbonyl (C=O) groups excluding carboxylic acids is 5. The Morgan fingerprint density at radius 1 is 0.902 bits per heavy atom. The van der Waals surface area contributed by atoms with Gasteiger partial charge in [0.1, 0.15) is 18.8 Å². The molecule has 220 valence electrons. The van der Waals surface area contributed by atoms with Crippen molar-refractivity contribution in [2.24, 2.45) is 0 Å². The van der Waals surface area contributed by atoms with E-state index >= 15 is 0 Å². The first kappa shape index (κ1) is 30.9. The van der Waals surface area contributed by atoms with Crippen molar-refractivity contribution in [1.82, 2.24) is 9.13 Å². The van der Waals surface area contributed by atoms with E-state index in [1.54, 1.807) is 6.07 Å². The number of carbonyl (C=O) groups is 5. The van der Waals surface area contributed by atoms with Crippen molar-refractivity contribution in [2.75, 3.05) is 27.9 Å². The summed E-state index contributed by atoms with van der Waals surface area (Å²) in [4.78, 5) is 89.3. The standard InChI is InChI=1S/C26H28N2O13/c1-13(29)39-12-17-19(40-14(2)30)20(36-3)23(41-17)27-11-16(18(24(33)37-4)25(34)38-5)22(32)28(26(27)35)21(31)15-9-7-6-8-10-15/h6-11,17-20,23H,12H2,1-5H3/t17-,19?,20?,23-/m1/s1. The number of esters is 4. The number of methoxy groups -OCH3 is 3. The largest absolute Gasteiger partial charge is 0.468 e. The molecule has 1 aromatic heterocycles. The quantitative estimate of drug-likeness (QED) is 0.212. The second-order valence-corrected chi connectivity index (χ2v) is 8.71. The van der Waals surface area contributed by atoms with Gasteiger partial charge in [-0.25, -0.2) is 4.79 Å². The lowest BCUT2D eigenvalue weighted by molar-refractivity contribution is -0.158. The van der Waals surface area contributed by atoms with Crippen LogP contribution in [0.5, 0.6) is 0 Å². The number of benzene rings is 1. The summed E-state index contributed by atoms with van der Waals surface area (Å²) in [5, 5.41) is 0. The fourth-order valence-corrected chi connectivity index (χ4v) is 4.30. The second-order valence-electron chi connectivity index (χ2n) is 8.71. The molecule has 15 heteroatoms. The summed E-state index contributed by atoms with van der Waals surface area (Å²) in [5.41, 5.74) is -3.24.